The van der Waals surface area contributed by atoms with E-state index in [9.17, 15) is 4.79 Å². The van der Waals surface area contributed by atoms with Crippen LogP contribution in [0.5, 0.6) is 17.2 Å². The minimum atomic E-state index is -0.144. The van der Waals surface area contributed by atoms with Crippen LogP contribution in [0.2, 0.25) is 0 Å². The van der Waals surface area contributed by atoms with Gasteiger partial charge in [-0.25, -0.2) is 0 Å². The summed E-state index contributed by atoms with van der Waals surface area (Å²) in [6.07, 6.45) is 3.18. The van der Waals surface area contributed by atoms with Crippen LogP contribution in [0.3, 0.4) is 0 Å². The van der Waals surface area contributed by atoms with Crippen molar-refractivity contribution in [3.8, 4) is 17.2 Å². The first-order valence-corrected chi connectivity index (χ1v) is 9.62. The second-order valence-electron chi connectivity index (χ2n) is 5.36. The molecule has 0 N–H and O–H groups in total. The van der Waals surface area contributed by atoms with Gasteiger partial charge in [-0.2, -0.15) is 0 Å². The molecule has 1 heterocycles. The summed E-state index contributed by atoms with van der Waals surface area (Å²) in [6, 6.07) is 3.52. The molecule has 0 atom stereocenters. The number of thioether (sulfide) groups is 1. The number of ether oxygens (including phenoxy) is 5. The Labute approximate surface area is 168 Å². The van der Waals surface area contributed by atoms with Crippen molar-refractivity contribution < 1.29 is 28.5 Å². The molecule has 1 saturated heterocycles. The Kier molecular flexibility index (Phi) is 8.86. The van der Waals surface area contributed by atoms with Crippen LogP contribution in [0.4, 0.5) is 0 Å². The molecule has 0 unspecified atom stereocenters. The number of nitrogens with zero attached hydrogens (tertiary/aromatic N) is 1. The first kappa shape index (κ1) is 21.5. The summed E-state index contributed by atoms with van der Waals surface area (Å²) < 4.78 is 27.2. The average Bonchev–Trinajstić information content (AvgIpc) is 3.11. The fourth-order valence-corrected chi connectivity index (χ4v) is 3.51. The van der Waals surface area contributed by atoms with Crippen molar-refractivity contribution in [3.63, 3.8) is 0 Å². The van der Waals surface area contributed by atoms with E-state index in [2.05, 4.69) is 0 Å². The van der Waals surface area contributed by atoms with E-state index in [0.29, 0.717) is 41.3 Å². The maximum absolute atomic E-state index is 12.3. The third-order valence-corrected chi connectivity index (χ3v) is 5.07. The van der Waals surface area contributed by atoms with Crippen LogP contribution < -0.4 is 14.2 Å². The van der Waals surface area contributed by atoms with E-state index in [1.165, 1.54) is 32.1 Å². The maximum Gasteiger partial charge on any atom is 0.252 e. The van der Waals surface area contributed by atoms with Crippen molar-refractivity contribution in [1.29, 1.82) is 0 Å². The Bertz CT molecular complexity index is 669. The molecule has 1 aliphatic rings. The monoisotopic (exact) mass is 413 g/mol. The van der Waals surface area contributed by atoms with Crippen molar-refractivity contribution in [2.24, 2.45) is 0 Å². The lowest BCUT2D eigenvalue weighted by Gasteiger charge is -2.15. The molecule has 0 bridgehead atoms. The standard InChI is InChI=1S/C18H23NO6S2/c1-21-7-8-24-12-25-17-14(22-2)10-13(11-15(17)23-3)4-5-16(20)19-6-9-27-18(19)26/h4-5,10-11H,6-9,12H2,1-3H3. The van der Waals surface area contributed by atoms with E-state index in [0.717, 1.165) is 11.3 Å². The van der Waals surface area contributed by atoms with Crippen molar-refractivity contribution >= 4 is 40.3 Å². The van der Waals surface area contributed by atoms with Crippen LogP contribution in [0.1, 0.15) is 5.56 Å². The van der Waals surface area contributed by atoms with E-state index in [1.807, 2.05) is 0 Å². The summed E-state index contributed by atoms with van der Waals surface area (Å²) >= 11 is 6.68. The molecule has 1 aromatic rings. The molecule has 1 amide bonds. The lowest BCUT2D eigenvalue weighted by atomic mass is 10.1. The SMILES string of the molecule is COCCOCOc1c(OC)cc(C=CC(=O)N2CCSC2=S)cc1OC. The topological polar surface area (TPSA) is 66.5 Å². The van der Waals surface area contributed by atoms with Gasteiger partial charge in [-0.1, -0.05) is 24.0 Å². The number of methoxy groups -OCH3 is 3. The Balaban J connectivity index is 2.10. The fourth-order valence-electron chi connectivity index (χ4n) is 2.29. The van der Waals surface area contributed by atoms with Gasteiger partial charge in [-0.15, -0.1) is 0 Å². The van der Waals surface area contributed by atoms with Gasteiger partial charge < -0.3 is 23.7 Å². The summed E-state index contributed by atoms with van der Waals surface area (Å²) in [5, 5.41) is 0. The highest BCUT2D eigenvalue weighted by Gasteiger charge is 2.22. The number of rotatable bonds is 10. The highest BCUT2D eigenvalue weighted by molar-refractivity contribution is 8.23. The predicted molar refractivity (Wildman–Crippen MR) is 109 cm³/mol. The lowest BCUT2D eigenvalue weighted by molar-refractivity contribution is -0.121. The first-order valence-electron chi connectivity index (χ1n) is 8.22. The van der Waals surface area contributed by atoms with Gasteiger partial charge in [-0.3, -0.25) is 9.69 Å². The number of carbonyl (C=O) groups is 1. The number of hydrogen-bond acceptors (Lipinski definition) is 8. The highest BCUT2D eigenvalue weighted by atomic mass is 32.2. The summed E-state index contributed by atoms with van der Waals surface area (Å²) in [6.45, 7) is 1.57. The zero-order valence-corrected chi connectivity index (χ0v) is 17.2. The third-order valence-electron chi connectivity index (χ3n) is 3.65. The second-order valence-corrected chi connectivity index (χ2v) is 7.08. The van der Waals surface area contributed by atoms with E-state index in [4.69, 9.17) is 35.9 Å². The molecule has 0 aliphatic carbocycles. The number of hydrogen-bond donors (Lipinski definition) is 0. The van der Waals surface area contributed by atoms with Crippen molar-refractivity contribution in [1.82, 2.24) is 4.90 Å². The quantitative estimate of drug-likeness (QED) is 0.251. The van der Waals surface area contributed by atoms with Crippen LogP contribution >= 0.6 is 24.0 Å². The van der Waals surface area contributed by atoms with Gasteiger partial charge in [0.25, 0.3) is 5.91 Å². The molecule has 7 nitrogen and oxygen atoms in total. The number of amides is 1. The largest absolute Gasteiger partial charge is 0.493 e. The van der Waals surface area contributed by atoms with E-state index in [1.54, 1.807) is 30.2 Å². The molecule has 1 fully saturated rings. The first-order chi connectivity index (χ1) is 13.1. The second kappa shape index (κ2) is 11.1. The number of benzene rings is 1. The molecular weight excluding hydrogens is 390 g/mol. The molecule has 1 aromatic carbocycles. The van der Waals surface area contributed by atoms with Gasteiger partial charge in [0.05, 0.1) is 27.4 Å². The Morgan fingerprint density at radius 2 is 1.93 bits per heavy atom. The number of thiocarbonyl (C=S) groups is 1. The minimum Gasteiger partial charge on any atom is -0.493 e. The molecule has 0 spiro atoms. The Morgan fingerprint density at radius 1 is 1.22 bits per heavy atom. The molecule has 0 radical (unpaired) electrons. The van der Waals surface area contributed by atoms with Crippen LogP contribution in [0.15, 0.2) is 18.2 Å². The number of carbonyl (C=O) groups excluding carboxylic acids is 1. The van der Waals surface area contributed by atoms with E-state index in [-0.39, 0.29) is 12.7 Å². The molecule has 0 saturated carbocycles. The van der Waals surface area contributed by atoms with Gasteiger partial charge in [0.15, 0.2) is 18.3 Å². The molecule has 148 valence electrons. The van der Waals surface area contributed by atoms with Gasteiger partial charge in [-0.05, 0) is 23.8 Å². The van der Waals surface area contributed by atoms with E-state index < -0.39 is 0 Å². The zero-order valence-electron chi connectivity index (χ0n) is 15.6. The van der Waals surface area contributed by atoms with Crippen LogP contribution in [0, 0.1) is 0 Å². The third kappa shape index (κ3) is 6.10. The predicted octanol–water partition coefficient (Wildman–Crippen LogP) is 2.58. The minimum absolute atomic E-state index is 0.0355. The normalized spacial score (nSPS) is 14.0. The molecular formula is C18H23NO6S2. The zero-order chi connectivity index (χ0) is 19.6. The van der Waals surface area contributed by atoms with Crippen LogP contribution in [-0.2, 0) is 14.3 Å². The Morgan fingerprint density at radius 3 is 2.48 bits per heavy atom. The van der Waals surface area contributed by atoms with Gasteiger partial charge in [0.1, 0.15) is 4.32 Å². The fraction of sp³-hybridized carbons (Fsp3) is 0.444. The average molecular weight is 414 g/mol. The van der Waals surface area contributed by atoms with Gasteiger partial charge >= 0.3 is 0 Å². The molecule has 2 rings (SSSR count). The highest BCUT2D eigenvalue weighted by Crippen LogP contribution is 2.39. The van der Waals surface area contributed by atoms with Crippen molar-refractivity contribution in [2.75, 3.05) is 53.6 Å². The van der Waals surface area contributed by atoms with E-state index >= 15 is 0 Å². The maximum atomic E-state index is 12.3. The summed E-state index contributed by atoms with van der Waals surface area (Å²) in [7, 11) is 4.67. The smallest absolute Gasteiger partial charge is 0.252 e. The molecule has 1 aliphatic heterocycles. The lowest BCUT2D eigenvalue weighted by Crippen LogP contribution is -2.28. The van der Waals surface area contributed by atoms with Crippen molar-refractivity contribution in [2.45, 2.75) is 0 Å². The summed E-state index contributed by atoms with van der Waals surface area (Å²) in [5.41, 5.74) is 0.738. The van der Waals surface area contributed by atoms with Gasteiger partial charge in [0.2, 0.25) is 5.75 Å². The van der Waals surface area contributed by atoms with Crippen molar-refractivity contribution in [3.05, 3.63) is 23.8 Å². The summed E-state index contributed by atoms with van der Waals surface area (Å²) in [5.74, 6) is 2.07. The molecule has 27 heavy (non-hydrogen) atoms. The van der Waals surface area contributed by atoms with Gasteiger partial charge in [0, 0.05) is 25.5 Å². The molecule has 9 heteroatoms. The summed E-state index contributed by atoms with van der Waals surface area (Å²) in [4.78, 5) is 13.8. The Hall–Kier alpha value is -1.81. The molecule has 0 aromatic heterocycles. The van der Waals surface area contributed by atoms with Crippen LogP contribution in [0.25, 0.3) is 6.08 Å². The van der Waals surface area contributed by atoms with Crippen LogP contribution in [-0.4, -0.2) is 68.8 Å².